The number of nitrogens with zero attached hydrogens (tertiary/aromatic N) is 2. The molecule has 4 aromatic rings. The van der Waals surface area contributed by atoms with Gasteiger partial charge in [0.25, 0.3) is 0 Å². The first-order chi connectivity index (χ1) is 12.8. The monoisotopic (exact) mass is 343 g/mol. The third-order valence-electron chi connectivity index (χ3n) is 4.10. The smallest absolute Gasteiger partial charge is 0.376 e. The molecular weight excluding hydrogens is 326 g/mol. The third-order valence-corrected chi connectivity index (χ3v) is 4.10. The molecule has 3 aromatic carbocycles. The van der Waals surface area contributed by atoms with Gasteiger partial charge in [-0.3, -0.25) is 0 Å². The van der Waals surface area contributed by atoms with Gasteiger partial charge in [0.15, 0.2) is 0 Å². The Morgan fingerprint density at radius 1 is 0.923 bits per heavy atom. The van der Waals surface area contributed by atoms with Crippen LogP contribution in [0.25, 0.3) is 21.7 Å². The van der Waals surface area contributed by atoms with Gasteiger partial charge in [-0.25, -0.2) is 14.8 Å². The van der Waals surface area contributed by atoms with E-state index < -0.39 is 5.97 Å². The molecule has 0 radical (unpaired) electrons. The zero-order chi connectivity index (χ0) is 17.9. The first-order valence-electron chi connectivity index (χ1n) is 8.45. The molecule has 0 spiro atoms. The highest BCUT2D eigenvalue weighted by molar-refractivity contribution is 6.00. The fraction of sp³-hybridized carbons (Fsp3) is 0.0952. The highest BCUT2D eigenvalue weighted by atomic mass is 16.5. The molecule has 5 heteroatoms. The maximum Gasteiger partial charge on any atom is 0.376 e. The van der Waals surface area contributed by atoms with Crippen molar-refractivity contribution in [3.8, 4) is 0 Å². The second-order valence-corrected chi connectivity index (χ2v) is 5.79. The number of fused-ring (bicyclic) bond motifs is 2. The van der Waals surface area contributed by atoms with E-state index in [2.05, 4.69) is 27.4 Å². The van der Waals surface area contributed by atoms with Crippen molar-refractivity contribution in [2.75, 3.05) is 11.9 Å². The molecule has 0 saturated carbocycles. The number of nitrogens with one attached hydrogen (secondary N) is 1. The van der Waals surface area contributed by atoms with E-state index in [4.69, 9.17) is 4.74 Å². The minimum absolute atomic E-state index is 0.0493. The van der Waals surface area contributed by atoms with E-state index in [9.17, 15) is 4.79 Å². The van der Waals surface area contributed by atoms with Crippen LogP contribution in [-0.4, -0.2) is 22.5 Å². The van der Waals surface area contributed by atoms with Gasteiger partial charge in [-0.15, -0.1) is 0 Å². The van der Waals surface area contributed by atoms with E-state index in [1.54, 1.807) is 6.92 Å². The average molecular weight is 343 g/mol. The lowest BCUT2D eigenvalue weighted by molar-refractivity contribution is 0.0512. The highest BCUT2D eigenvalue weighted by Gasteiger charge is 2.15. The number of anilines is 2. The molecule has 1 heterocycles. The predicted molar refractivity (Wildman–Crippen MR) is 103 cm³/mol. The molecule has 4 rings (SSSR count). The van der Waals surface area contributed by atoms with Crippen LogP contribution in [0.15, 0.2) is 66.7 Å². The summed E-state index contributed by atoms with van der Waals surface area (Å²) in [4.78, 5) is 20.9. The van der Waals surface area contributed by atoms with E-state index in [0.29, 0.717) is 11.3 Å². The summed E-state index contributed by atoms with van der Waals surface area (Å²) in [6.45, 7) is 2.04. The molecule has 0 bridgehead atoms. The summed E-state index contributed by atoms with van der Waals surface area (Å²) in [7, 11) is 0. The predicted octanol–water partition coefficient (Wildman–Crippen LogP) is 4.70. The van der Waals surface area contributed by atoms with Crippen LogP contribution < -0.4 is 5.32 Å². The third kappa shape index (κ3) is 2.95. The van der Waals surface area contributed by atoms with Crippen LogP contribution in [0.3, 0.4) is 0 Å². The van der Waals surface area contributed by atoms with E-state index >= 15 is 0 Å². The van der Waals surface area contributed by atoms with Gasteiger partial charge in [0.1, 0.15) is 5.82 Å². The van der Waals surface area contributed by atoms with Crippen LogP contribution in [0.5, 0.6) is 0 Å². The molecule has 0 amide bonds. The van der Waals surface area contributed by atoms with Crippen LogP contribution in [0.1, 0.15) is 17.5 Å². The lowest BCUT2D eigenvalue weighted by atomic mass is 10.1. The zero-order valence-corrected chi connectivity index (χ0v) is 14.3. The van der Waals surface area contributed by atoms with Crippen molar-refractivity contribution in [2.45, 2.75) is 6.92 Å². The molecule has 26 heavy (non-hydrogen) atoms. The Morgan fingerprint density at radius 2 is 1.65 bits per heavy atom. The molecule has 5 nitrogen and oxygen atoms in total. The largest absolute Gasteiger partial charge is 0.460 e. The SMILES string of the molecule is CCOC(=O)c1nc(Nc2cccc3ccccc23)c2ccccc2n1. The van der Waals surface area contributed by atoms with Crippen LogP contribution in [0.2, 0.25) is 0 Å². The van der Waals surface area contributed by atoms with Crippen molar-refractivity contribution in [1.82, 2.24) is 9.97 Å². The fourth-order valence-corrected chi connectivity index (χ4v) is 2.92. The summed E-state index contributed by atoms with van der Waals surface area (Å²) in [5.74, 6) is 0.0996. The maximum absolute atomic E-state index is 12.1. The van der Waals surface area contributed by atoms with Gasteiger partial charge in [-0.05, 0) is 30.5 Å². The summed E-state index contributed by atoms with van der Waals surface area (Å²) in [5, 5.41) is 6.42. The normalized spacial score (nSPS) is 10.8. The fourth-order valence-electron chi connectivity index (χ4n) is 2.92. The summed E-state index contributed by atoms with van der Waals surface area (Å²) in [6, 6.07) is 21.7. The number of hydrogen-bond donors (Lipinski definition) is 1. The second-order valence-electron chi connectivity index (χ2n) is 5.79. The first-order valence-corrected chi connectivity index (χ1v) is 8.45. The molecule has 0 atom stereocenters. The number of rotatable bonds is 4. The molecular formula is C21H17N3O2. The number of carbonyl (C=O) groups is 1. The molecule has 0 saturated heterocycles. The second kappa shape index (κ2) is 6.80. The van der Waals surface area contributed by atoms with Gasteiger partial charge in [0.2, 0.25) is 5.82 Å². The van der Waals surface area contributed by atoms with Gasteiger partial charge >= 0.3 is 5.97 Å². The van der Waals surface area contributed by atoms with E-state index in [1.807, 2.05) is 54.6 Å². The van der Waals surface area contributed by atoms with Gasteiger partial charge in [0, 0.05) is 16.5 Å². The number of benzene rings is 3. The Bertz CT molecular complexity index is 1100. The van der Waals surface area contributed by atoms with E-state index in [0.717, 1.165) is 21.8 Å². The number of esters is 1. The number of para-hydroxylation sites is 1. The Labute approximate surface area is 150 Å². The molecule has 0 aliphatic heterocycles. The van der Waals surface area contributed by atoms with Crippen molar-refractivity contribution in [3.05, 3.63) is 72.6 Å². The lowest BCUT2D eigenvalue weighted by Gasteiger charge is -2.12. The summed E-state index contributed by atoms with van der Waals surface area (Å²) in [6.07, 6.45) is 0. The van der Waals surface area contributed by atoms with Crippen LogP contribution >= 0.6 is 0 Å². The molecule has 0 aliphatic carbocycles. The van der Waals surface area contributed by atoms with Gasteiger partial charge in [-0.1, -0.05) is 48.5 Å². The van der Waals surface area contributed by atoms with Crippen molar-refractivity contribution in [3.63, 3.8) is 0 Å². The number of carbonyl (C=O) groups excluding carboxylic acids is 1. The molecule has 0 aliphatic rings. The van der Waals surface area contributed by atoms with Gasteiger partial charge < -0.3 is 10.1 Å². The molecule has 128 valence electrons. The van der Waals surface area contributed by atoms with Crippen molar-refractivity contribution in [1.29, 1.82) is 0 Å². The zero-order valence-electron chi connectivity index (χ0n) is 14.3. The lowest BCUT2D eigenvalue weighted by Crippen LogP contribution is -2.11. The number of hydrogen-bond acceptors (Lipinski definition) is 5. The molecule has 0 fully saturated rings. The maximum atomic E-state index is 12.1. The number of aromatic nitrogens is 2. The Morgan fingerprint density at radius 3 is 2.50 bits per heavy atom. The van der Waals surface area contributed by atoms with Crippen molar-refractivity contribution in [2.24, 2.45) is 0 Å². The van der Waals surface area contributed by atoms with Gasteiger partial charge in [-0.2, -0.15) is 0 Å². The summed E-state index contributed by atoms with van der Waals surface area (Å²) < 4.78 is 5.06. The average Bonchev–Trinajstić information content (AvgIpc) is 2.68. The number of ether oxygens (including phenoxy) is 1. The van der Waals surface area contributed by atoms with Crippen LogP contribution in [-0.2, 0) is 4.74 Å². The topological polar surface area (TPSA) is 64.1 Å². The molecule has 1 aromatic heterocycles. The Balaban J connectivity index is 1.85. The summed E-state index contributed by atoms with van der Waals surface area (Å²) in [5.41, 5.74) is 1.61. The standard InChI is InChI=1S/C21H17N3O2/c1-2-26-21(25)20-23-18-12-6-5-11-16(18)19(24-20)22-17-13-7-9-14-8-3-4-10-15(14)17/h3-13H,2H2,1H3,(H,22,23,24). The van der Waals surface area contributed by atoms with Crippen LogP contribution in [0.4, 0.5) is 11.5 Å². The Hall–Kier alpha value is -3.47. The van der Waals surface area contributed by atoms with Crippen LogP contribution in [0, 0.1) is 0 Å². The van der Waals surface area contributed by atoms with E-state index in [1.165, 1.54) is 0 Å². The van der Waals surface area contributed by atoms with Gasteiger partial charge in [0.05, 0.1) is 12.1 Å². The van der Waals surface area contributed by atoms with E-state index in [-0.39, 0.29) is 12.4 Å². The summed E-state index contributed by atoms with van der Waals surface area (Å²) >= 11 is 0. The minimum atomic E-state index is -0.528. The van der Waals surface area contributed by atoms with Crippen molar-refractivity contribution < 1.29 is 9.53 Å². The molecule has 0 unspecified atom stereocenters. The quantitative estimate of drug-likeness (QED) is 0.544. The Kier molecular flexibility index (Phi) is 4.19. The minimum Gasteiger partial charge on any atom is -0.460 e. The first kappa shape index (κ1) is 16.0. The highest BCUT2D eigenvalue weighted by Crippen LogP contribution is 2.29. The molecule has 1 N–H and O–H groups in total. The van der Waals surface area contributed by atoms with Crippen molar-refractivity contribution >= 4 is 39.1 Å².